The molecule has 1 aromatic rings. The average Bonchev–Trinajstić information content (AvgIpc) is 2.68. The summed E-state index contributed by atoms with van der Waals surface area (Å²) in [5, 5.41) is 15.3. The second-order valence-electron chi connectivity index (χ2n) is 8.50. The molecule has 176 valence electrons. The molecule has 1 saturated carbocycles. The molecule has 0 spiro atoms. The van der Waals surface area contributed by atoms with E-state index in [0.29, 0.717) is 12.8 Å². The van der Waals surface area contributed by atoms with Gasteiger partial charge in [0.15, 0.2) is 0 Å². The van der Waals surface area contributed by atoms with E-state index in [9.17, 15) is 24.3 Å². The summed E-state index contributed by atoms with van der Waals surface area (Å²) < 4.78 is 9.72. The van der Waals surface area contributed by atoms with Crippen LogP contribution < -0.4 is 10.6 Å². The highest BCUT2D eigenvalue weighted by molar-refractivity contribution is 5.92. The van der Waals surface area contributed by atoms with Gasteiger partial charge in [-0.1, -0.05) is 18.2 Å². The Morgan fingerprint density at radius 2 is 1.78 bits per heavy atom. The van der Waals surface area contributed by atoms with Crippen LogP contribution >= 0.6 is 0 Å². The van der Waals surface area contributed by atoms with Crippen molar-refractivity contribution >= 4 is 23.9 Å². The Labute approximate surface area is 187 Å². The zero-order valence-corrected chi connectivity index (χ0v) is 18.8. The summed E-state index contributed by atoms with van der Waals surface area (Å²) in [4.78, 5) is 51.1. The molecular weight excluding hydrogens is 418 g/mol. The molecule has 1 aliphatic carbocycles. The molecule has 0 bridgehead atoms. The zero-order chi connectivity index (χ0) is 23.9. The van der Waals surface area contributed by atoms with Gasteiger partial charge in [-0.3, -0.25) is 14.4 Å². The summed E-state index contributed by atoms with van der Waals surface area (Å²) in [6.07, 6.45) is 1.47. The first-order chi connectivity index (χ1) is 15.0. The summed E-state index contributed by atoms with van der Waals surface area (Å²) >= 11 is 0. The molecule has 0 radical (unpaired) electrons. The van der Waals surface area contributed by atoms with Crippen LogP contribution in [0.25, 0.3) is 0 Å². The van der Waals surface area contributed by atoms with Crippen molar-refractivity contribution in [2.45, 2.75) is 57.7 Å². The second-order valence-corrected chi connectivity index (χ2v) is 8.50. The molecule has 1 fully saturated rings. The van der Waals surface area contributed by atoms with Gasteiger partial charge in [0.05, 0.1) is 7.11 Å². The SMILES string of the molecule is COC(=O)CNC(=O)C(c1ccccc1O)N(C(=O)CNC(=O)OC(C)(C)C)C1CCC1. The highest BCUT2D eigenvalue weighted by atomic mass is 16.6. The summed E-state index contributed by atoms with van der Waals surface area (Å²) in [5.41, 5.74) is -0.514. The Morgan fingerprint density at radius 1 is 1.12 bits per heavy atom. The number of nitrogens with one attached hydrogen (secondary N) is 2. The molecule has 10 heteroatoms. The topological polar surface area (TPSA) is 134 Å². The van der Waals surface area contributed by atoms with Crippen molar-refractivity contribution in [3.05, 3.63) is 29.8 Å². The van der Waals surface area contributed by atoms with Gasteiger partial charge < -0.3 is 30.1 Å². The molecule has 1 aliphatic rings. The van der Waals surface area contributed by atoms with Gasteiger partial charge in [0, 0.05) is 11.6 Å². The van der Waals surface area contributed by atoms with Gasteiger partial charge in [0.25, 0.3) is 0 Å². The van der Waals surface area contributed by atoms with Crippen LogP contribution in [0, 0.1) is 0 Å². The second kappa shape index (κ2) is 10.8. The third-order valence-electron chi connectivity index (χ3n) is 4.93. The fraction of sp³-hybridized carbons (Fsp3) is 0.545. The van der Waals surface area contributed by atoms with E-state index in [1.54, 1.807) is 32.9 Å². The lowest BCUT2D eigenvalue weighted by molar-refractivity contribution is -0.146. The van der Waals surface area contributed by atoms with Gasteiger partial charge in [-0.2, -0.15) is 0 Å². The van der Waals surface area contributed by atoms with Crippen molar-refractivity contribution in [1.29, 1.82) is 0 Å². The van der Waals surface area contributed by atoms with E-state index < -0.39 is 35.5 Å². The molecule has 3 N–H and O–H groups in total. The quantitative estimate of drug-likeness (QED) is 0.514. The van der Waals surface area contributed by atoms with E-state index >= 15 is 0 Å². The maximum absolute atomic E-state index is 13.2. The van der Waals surface area contributed by atoms with Gasteiger partial charge in [-0.15, -0.1) is 0 Å². The van der Waals surface area contributed by atoms with Crippen LogP contribution in [0.2, 0.25) is 0 Å². The summed E-state index contributed by atoms with van der Waals surface area (Å²) in [6, 6.07) is 4.74. The van der Waals surface area contributed by atoms with E-state index in [0.717, 1.165) is 6.42 Å². The van der Waals surface area contributed by atoms with Crippen molar-refractivity contribution in [2.75, 3.05) is 20.2 Å². The number of hydrogen-bond acceptors (Lipinski definition) is 7. The summed E-state index contributed by atoms with van der Waals surface area (Å²) in [6.45, 7) is 4.33. The first-order valence-corrected chi connectivity index (χ1v) is 10.4. The van der Waals surface area contributed by atoms with Crippen molar-refractivity contribution in [1.82, 2.24) is 15.5 Å². The first kappa shape index (κ1) is 25.0. The van der Waals surface area contributed by atoms with E-state index in [2.05, 4.69) is 15.4 Å². The smallest absolute Gasteiger partial charge is 0.408 e. The minimum absolute atomic E-state index is 0.164. The molecule has 32 heavy (non-hydrogen) atoms. The van der Waals surface area contributed by atoms with Gasteiger partial charge in [0.2, 0.25) is 11.8 Å². The molecule has 1 aromatic carbocycles. The molecule has 2 rings (SSSR count). The number of aromatic hydroxyl groups is 1. The van der Waals surface area contributed by atoms with Gasteiger partial charge in [-0.25, -0.2) is 4.79 Å². The third kappa shape index (κ3) is 6.86. The Morgan fingerprint density at radius 3 is 2.31 bits per heavy atom. The van der Waals surface area contributed by atoms with Gasteiger partial charge in [-0.05, 0) is 46.1 Å². The molecule has 10 nitrogen and oxygen atoms in total. The highest BCUT2D eigenvalue weighted by Gasteiger charge is 2.40. The molecule has 1 atom stereocenters. The molecule has 3 amide bonds. The number of esters is 1. The number of benzene rings is 1. The Hall–Kier alpha value is -3.30. The maximum Gasteiger partial charge on any atom is 0.408 e. The van der Waals surface area contributed by atoms with Crippen LogP contribution in [-0.4, -0.2) is 65.7 Å². The van der Waals surface area contributed by atoms with E-state index in [-0.39, 0.29) is 30.4 Å². The van der Waals surface area contributed by atoms with Crippen molar-refractivity contribution < 1.29 is 33.8 Å². The van der Waals surface area contributed by atoms with Crippen molar-refractivity contribution in [3.8, 4) is 5.75 Å². The number of hydrogen-bond donors (Lipinski definition) is 3. The number of alkyl carbamates (subject to hydrolysis) is 1. The van der Waals surface area contributed by atoms with E-state index in [1.165, 1.54) is 24.1 Å². The van der Waals surface area contributed by atoms with Crippen LogP contribution in [0.5, 0.6) is 5.75 Å². The lowest BCUT2D eigenvalue weighted by Gasteiger charge is -2.42. The van der Waals surface area contributed by atoms with Crippen LogP contribution in [0.3, 0.4) is 0 Å². The lowest BCUT2D eigenvalue weighted by Crippen LogP contribution is -2.54. The summed E-state index contributed by atoms with van der Waals surface area (Å²) in [5.74, 6) is -1.97. The molecule has 0 saturated heterocycles. The predicted octanol–water partition coefficient (Wildman–Crippen LogP) is 1.63. The number of para-hydroxylation sites is 1. The largest absolute Gasteiger partial charge is 0.508 e. The van der Waals surface area contributed by atoms with E-state index in [1.807, 2.05) is 0 Å². The fourth-order valence-electron chi connectivity index (χ4n) is 3.24. The van der Waals surface area contributed by atoms with Crippen LogP contribution in [0.4, 0.5) is 4.79 Å². The van der Waals surface area contributed by atoms with Crippen molar-refractivity contribution in [3.63, 3.8) is 0 Å². The molecular formula is C22H31N3O7. The summed E-state index contributed by atoms with van der Waals surface area (Å²) in [7, 11) is 1.20. The normalized spacial score (nSPS) is 14.5. The fourth-order valence-corrected chi connectivity index (χ4v) is 3.24. The number of carbonyl (C=O) groups excluding carboxylic acids is 4. The standard InChI is InChI=1S/C22H31N3O7/c1-22(2,3)32-21(30)24-12-17(27)25(14-8-7-9-14)19(15-10-5-6-11-16(15)26)20(29)23-13-18(28)31-4/h5-6,10-11,14,19,26H,7-9,12-13H2,1-4H3,(H,23,29)(H,24,30). The van der Waals surface area contributed by atoms with Crippen LogP contribution in [0.1, 0.15) is 51.6 Å². The predicted molar refractivity (Wildman–Crippen MR) is 115 cm³/mol. The van der Waals surface area contributed by atoms with Gasteiger partial charge >= 0.3 is 12.1 Å². The number of carbonyl (C=O) groups is 4. The Bertz CT molecular complexity index is 846. The van der Waals surface area contributed by atoms with E-state index in [4.69, 9.17) is 4.74 Å². The highest BCUT2D eigenvalue weighted by Crippen LogP contribution is 2.36. The molecule has 0 aromatic heterocycles. The van der Waals surface area contributed by atoms with Crippen LogP contribution in [-0.2, 0) is 23.9 Å². The Balaban J connectivity index is 2.29. The average molecular weight is 450 g/mol. The number of nitrogens with zero attached hydrogens (tertiary/aromatic N) is 1. The number of amides is 3. The first-order valence-electron chi connectivity index (χ1n) is 10.4. The minimum atomic E-state index is -1.20. The van der Waals surface area contributed by atoms with Crippen molar-refractivity contribution in [2.24, 2.45) is 0 Å². The molecule has 1 unspecified atom stereocenters. The molecule has 0 aliphatic heterocycles. The number of methoxy groups -OCH3 is 1. The van der Waals surface area contributed by atoms with Crippen LogP contribution in [0.15, 0.2) is 24.3 Å². The number of ether oxygens (including phenoxy) is 2. The van der Waals surface area contributed by atoms with Gasteiger partial charge in [0.1, 0.15) is 30.5 Å². The zero-order valence-electron chi connectivity index (χ0n) is 18.8. The third-order valence-corrected chi connectivity index (χ3v) is 4.93. The number of rotatable bonds is 8. The number of phenols is 1. The number of phenolic OH excluding ortho intramolecular Hbond substituents is 1. The Kier molecular flexibility index (Phi) is 8.45. The monoisotopic (exact) mass is 449 g/mol. The minimum Gasteiger partial charge on any atom is -0.508 e. The molecule has 0 heterocycles. The maximum atomic E-state index is 13.2. The lowest BCUT2D eigenvalue weighted by atomic mass is 9.88.